The highest BCUT2D eigenvalue weighted by atomic mass is 16.5. The maximum Gasteiger partial charge on any atom is 0.407 e. The third-order valence-corrected chi connectivity index (χ3v) is 6.01. The fourth-order valence-corrected chi connectivity index (χ4v) is 3.75. The predicted molar refractivity (Wildman–Crippen MR) is 125 cm³/mol. The Morgan fingerprint density at radius 1 is 1.06 bits per heavy atom. The Bertz CT molecular complexity index is 977. The van der Waals surface area contributed by atoms with E-state index in [1.54, 1.807) is 11.8 Å². The van der Waals surface area contributed by atoms with Crippen LogP contribution in [0.4, 0.5) is 4.79 Å². The lowest BCUT2D eigenvalue weighted by atomic mass is 10.0. The minimum absolute atomic E-state index is 0.146. The van der Waals surface area contributed by atoms with Gasteiger partial charge in [0.25, 0.3) is 0 Å². The van der Waals surface area contributed by atoms with Crippen molar-refractivity contribution < 1.29 is 19.4 Å². The molecule has 1 aliphatic heterocycles. The first-order valence-corrected chi connectivity index (χ1v) is 11.1. The number of carboxylic acid groups (broad SMARTS) is 1. The second kappa shape index (κ2) is 11.3. The summed E-state index contributed by atoms with van der Waals surface area (Å²) in [5.41, 5.74) is 2.78. The Kier molecular flexibility index (Phi) is 8.28. The van der Waals surface area contributed by atoms with Gasteiger partial charge in [-0.1, -0.05) is 24.3 Å². The first-order valence-electron chi connectivity index (χ1n) is 11.1. The van der Waals surface area contributed by atoms with Crippen LogP contribution in [0.3, 0.4) is 0 Å². The first kappa shape index (κ1) is 24.1. The number of hydrogen-bond donors (Lipinski definition) is 1. The zero-order chi connectivity index (χ0) is 23.8. The minimum atomic E-state index is -1.10. The highest BCUT2D eigenvalue weighted by Crippen LogP contribution is 2.23. The summed E-state index contributed by atoms with van der Waals surface area (Å²) in [6.45, 7) is 5.87. The van der Waals surface area contributed by atoms with Crippen LogP contribution in [-0.2, 0) is 4.79 Å². The summed E-state index contributed by atoms with van der Waals surface area (Å²) in [5.74, 6) is 0.673. The average Bonchev–Trinajstić information content (AvgIpc) is 2.86. The van der Waals surface area contributed by atoms with Crippen molar-refractivity contribution in [2.24, 2.45) is 0 Å². The Balaban J connectivity index is 1.36. The summed E-state index contributed by atoms with van der Waals surface area (Å²) in [6, 6.07) is 16.9. The van der Waals surface area contributed by atoms with Gasteiger partial charge in [-0.25, -0.2) is 4.79 Å². The Morgan fingerprint density at radius 3 is 2.18 bits per heavy atom. The van der Waals surface area contributed by atoms with Gasteiger partial charge in [0.15, 0.2) is 0 Å². The molecular weight excluding hydrogens is 420 g/mol. The van der Waals surface area contributed by atoms with E-state index in [-0.39, 0.29) is 5.91 Å². The van der Waals surface area contributed by atoms with Crippen LogP contribution in [-0.4, -0.2) is 84.2 Å². The molecule has 3 rings (SSSR count). The van der Waals surface area contributed by atoms with Crippen molar-refractivity contribution in [3.05, 3.63) is 54.1 Å². The third kappa shape index (κ3) is 6.46. The molecule has 0 saturated carbocycles. The van der Waals surface area contributed by atoms with E-state index in [2.05, 4.69) is 11.0 Å². The molecule has 0 unspecified atom stereocenters. The second-order valence-electron chi connectivity index (χ2n) is 8.15. The molecule has 2 aromatic rings. The smallest absolute Gasteiger partial charge is 0.407 e. The van der Waals surface area contributed by atoms with Crippen molar-refractivity contribution in [2.75, 3.05) is 46.4 Å². The molecule has 8 heteroatoms. The number of ether oxygens (including phenoxy) is 1. The molecule has 0 spiro atoms. The van der Waals surface area contributed by atoms with E-state index in [1.807, 2.05) is 48.5 Å². The summed E-state index contributed by atoms with van der Waals surface area (Å²) in [5, 5.41) is 18.0. The molecular formula is C25H30N4O4. The Hall–Kier alpha value is -3.57. The van der Waals surface area contributed by atoms with E-state index in [0.29, 0.717) is 25.3 Å². The Labute approximate surface area is 194 Å². The fraction of sp³-hybridized carbons (Fsp3) is 0.400. The molecule has 1 N–H and O–H groups in total. The predicted octanol–water partition coefficient (Wildman–Crippen LogP) is 3.14. The van der Waals surface area contributed by atoms with Crippen molar-refractivity contribution in [1.29, 1.82) is 5.26 Å². The zero-order valence-corrected chi connectivity index (χ0v) is 19.1. The lowest BCUT2D eigenvalue weighted by Gasteiger charge is -2.37. The largest absolute Gasteiger partial charge is 0.494 e. The Morgan fingerprint density at radius 2 is 1.64 bits per heavy atom. The van der Waals surface area contributed by atoms with Gasteiger partial charge in [0, 0.05) is 39.8 Å². The second-order valence-corrected chi connectivity index (χ2v) is 8.15. The number of carbonyl (C=O) groups is 2. The van der Waals surface area contributed by atoms with Gasteiger partial charge in [-0.3, -0.25) is 14.6 Å². The van der Waals surface area contributed by atoms with Gasteiger partial charge in [0.05, 0.1) is 18.2 Å². The third-order valence-electron chi connectivity index (χ3n) is 6.01. The highest BCUT2D eigenvalue weighted by molar-refractivity contribution is 5.85. The molecule has 1 fully saturated rings. The standard InChI is InChI=1S/C25H30N4O4/c1-19(27(2)25(31)32)24(30)29-15-13-28(14-16-29)12-3-17-33-23-10-8-22(9-11-23)21-6-4-20(18-26)5-7-21/h4-11,19H,3,12-17H2,1-2H3,(H,31,32)/t19-/m1/s1. The average molecular weight is 451 g/mol. The summed E-state index contributed by atoms with van der Waals surface area (Å²) >= 11 is 0. The molecule has 2 aromatic carbocycles. The number of hydrogen-bond acceptors (Lipinski definition) is 5. The SMILES string of the molecule is C[C@H](C(=O)N1CCN(CCCOc2ccc(-c3ccc(C#N)cc3)cc2)CC1)N(C)C(=O)O. The number of nitrogens with zero attached hydrogens (tertiary/aromatic N) is 4. The van der Waals surface area contributed by atoms with Gasteiger partial charge < -0.3 is 14.7 Å². The van der Waals surface area contributed by atoms with Crippen LogP contribution in [0.15, 0.2) is 48.5 Å². The minimum Gasteiger partial charge on any atom is -0.494 e. The number of likely N-dealkylation sites (N-methyl/N-ethyl adjacent to an activating group) is 1. The van der Waals surface area contributed by atoms with Gasteiger partial charge in [-0.2, -0.15) is 5.26 Å². The van der Waals surface area contributed by atoms with Gasteiger partial charge in [0.2, 0.25) is 5.91 Å². The molecule has 0 aromatic heterocycles. The molecule has 0 bridgehead atoms. The molecule has 1 aliphatic rings. The van der Waals surface area contributed by atoms with Crippen molar-refractivity contribution in [3.63, 3.8) is 0 Å². The molecule has 1 saturated heterocycles. The number of nitriles is 1. The number of carbonyl (C=O) groups excluding carboxylic acids is 1. The molecule has 174 valence electrons. The summed E-state index contributed by atoms with van der Waals surface area (Å²) in [6.07, 6.45) is -0.220. The van der Waals surface area contributed by atoms with Crippen LogP contribution in [0, 0.1) is 11.3 Å². The number of rotatable bonds is 8. The molecule has 0 aliphatic carbocycles. The maximum atomic E-state index is 12.5. The van der Waals surface area contributed by atoms with E-state index < -0.39 is 12.1 Å². The van der Waals surface area contributed by atoms with Gasteiger partial charge >= 0.3 is 6.09 Å². The van der Waals surface area contributed by atoms with Crippen LogP contribution in [0.5, 0.6) is 5.75 Å². The molecule has 8 nitrogen and oxygen atoms in total. The van der Waals surface area contributed by atoms with Crippen LogP contribution in [0.25, 0.3) is 11.1 Å². The normalized spacial score (nSPS) is 14.9. The van der Waals surface area contributed by atoms with E-state index in [4.69, 9.17) is 15.1 Å². The molecule has 33 heavy (non-hydrogen) atoms. The van der Waals surface area contributed by atoms with Crippen molar-refractivity contribution in [3.8, 4) is 22.9 Å². The van der Waals surface area contributed by atoms with Crippen LogP contribution >= 0.6 is 0 Å². The lowest BCUT2D eigenvalue weighted by Crippen LogP contribution is -2.54. The molecule has 0 radical (unpaired) electrons. The van der Waals surface area contributed by atoms with Gasteiger partial charge in [-0.05, 0) is 48.7 Å². The van der Waals surface area contributed by atoms with E-state index in [0.717, 1.165) is 47.8 Å². The maximum absolute atomic E-state index is 12.5. The van der Waals surface area contributed by atoms with Crippen molar-refractivity contribution >= 4 is 12.0 Å². The van der Waals surface area contributed by atoms with Gasteiger partial charge in [0.1, 0.15) is 11.8 Å². The van der Waals surface area contributed by atoms with Crippen molar-refractivity contribution in [1.82, 2.24) is 14.7 Å². The fourth-order valence-electron chi connectivity index (χ4n) is 3.75. The van der Waals surface area contributed by atoms with E-state index in [9.17, 15) is 9.59 Å². The van der Waals surface area contributed by atoms with E-state index in [1.165, 1.54) is 7.05 Å². The molecule has 1 atom stereocenters. The number of amides is 2. The van der Waals surface area contributed by atoms with Crippen LogP contribution < -0.4 is 4.74 Å². The van der Waals surface area contributed by atoms with Crippen LogP contribution in [0.2, 0.25) is 0 Å². The molecule has 2 amide bonds. The molecule has 1 heterocycles. The quantitative estimate of drug-likeness (QED) is 0.621. The first-order chi connectivity index (χ1) is 15.9. The van der Waals surface area contributed by atoms with E-state index >= 15 is 0 Å². The highest BCUT2D eigenvalue weighted by Gasteiger charge is 2.28. The monoisotopic (exact) mass is 450 g/mol. The lowest BCUT2D eigenvalue weighted by molar-refractivity contribution is -0.137. The summed E-state index contributed by atoms with van der Waals surface area (Å²) < 4.78 is 5.87. The number of benzene rings is 2. The van der Waals surface area contributed by atoms with Gasteiger partial charge in [-0.15, -0.1) is 0 Å². The van der Waals surface area contributed by atoms with Crippen molar-refractivity contribution in [2.45, 2.75) is 19.4 Å². The topological polar surface area (TPSA) is 97.1 Å². The number of piperazine rings is 1. The summed E-state index contributed by atoms with van der Waals surface area (Å²) in [7, 11) is 1.42. The summed E-state index contributed by atoms with van der Waals surface area (Å²) in [4.78, 5) is 28.6. The van der Waals surface area contributed by atoms with Crippen LogP contribution in [0.1, 0.15) is 18.9 Å². The zero-order valence-electron chi connectivity index (χ0n) is 19.1.